The molecule has 28 heavy (non-hydrogen) atoms. The Labute approximate surface area is 168 Å². The number of benzene rings is 2. The number of fused-ring (bicyclic) bond motifs is 1. The molecule has 0 spiro atoms. The number of carbonyl (C=O) groups is 1. The van der Waals surface area contributed by atoms with Crippen molar-refractivity contribution in [1.29, 1.82) is 0 Å². The number of nitrogens with zero attached hydrogens (tertiary/aromatic N) is 4. The number of imidazole rings is 1. The number of thioether (sulfide) groups is 1. The zero-order chi connectivity index (χ0) is 19.5. The zero-order valence-electron chi connectivity index (χ0n) is 15.8. The van der Waals surface area contributed by atoms with Crippen LogP contribution in [0.5, 0.6) is 0 Å². The maximum atomic E-state index is 13.0. The highest BCUT2D eigenvalue weighted by Gasteiger charge is 2.22. The predicted molar refractivity (Wildman–Crippen MR) is 110 cm³/mol. The number of carbonyl (C=O) groups excluding carboxylic acids is 1. The van der Waals surface area contributed by atoms with Gasteiger partial charge in [0.05, 0.1) is 23.3 Å². The van der Waals surface area contributed by atoms with Crippen LogP contribution in [-0.2, 0) is 18.4 Å². The number of piperazine rings is 1. The van der Waals surface area contributed by atoms with Gasteiger partial charge in [-0.15, -0.1) is 11.8 Å². The maximum absolute atomic E-state index is 13.0. The number of amides is 1. The number of halogens is 1. The van der Waals surface area contributed by atoms with E-state index < -0.39 is 0 Å². The molecule has 3 aromatic rings. The lowest BCUT2D eigenvalue weighted by Crippen LogP contribution is -2.49. The SMILES string of the molecule is Cn1c(CN2CCN(C(=O)CSc3ccc(F)cc3)CC2)nc2ccccc21. The summed E-state index contributed by atoms with van der Waals surface area (Å²) in [5.41, 5.74) is 2.16. The Hall–Kier alpha value is -2.38. The second kappa shape index (κ2) is 8.32. The highest BCUT2D eigenvalue weighted by molar-refractivity contribution is 8.00. The van der Waals surface area contributed by atoms with Gasteiger partial charge in [0.15, 0.2) is 0 Å². The first kappa shape index (κ1) is 19.0. The van der Waals surface area contributed by atoms with E-state index in [1.54, 1.807) is 12.1 Å². The summed E-state index contributed by atoms with van der Waals surface area (Å²) in [5, 5.41) is 0. The number of hydrogen-bond acceptors (Lipinski definition) is 4. The first-order valence-corrected chi connectivity index (χ1v) is 10.4. The van der Waals surface area contributed by atoms with Crippen LogP contribution in [0.3, 0.4) is 0 Å². The molecular weight excluding hydrogens is 375 g/mol. The van der Waals surface area contributed by atoms with E-state index in [0.717, 1.165) is 54.5 Å². The molecule has 146 valence electrons. The fourth-order valence-corrected chi connectivity index (χ4v) is 4.26. The van der Waals surface area contributed by atoms with Crippen molar-refractivity contribution in [2.45, 2.75) is 11.4 Å². The van der Waals surface area contributed by atoms with Crippen LogP contribution in [0.4, 0.5) is 4.39 Å². The average molecular weight is 399 g/mol. The van der Waals surface area contributed by atoms with Crippen LogP contribution in [-0.4, -0.2) is 57.2 Å². The van der Waals surface area contributed by atoms with Crippen LogP contribution in [0.25, 0.3) is 11.0 Å². The number of hydrogen-bond donors (Lipinski definition) is 0. The Bertz CT molecular complexity index is 964. The minimum atomic E-state index is -0.257. The molecule has 7 heteroatoms. The van der Waals surface area contributed by atoms with Crippen molar-refractivity contribution in [3.8, 4) is 0 Å². The van der Waals surface area contributed by atoms with Gasteiger partial charge in [-0.3, -0.25) is 9.69 Å². The quantitative estimate of drug-likeness (QED) is 0.619. The van der Waals surface area contributed by atoms with Crippen molar-refractivity contribution in [2.24, 2.45) is 7.05 Å². The van der Waals surface area contributed by atoms with E-state index in [0.29, 0.717) is 5.75 Å². The first-order valence-electron chi connectivity index (χ1n) is 9.39. The van der Waals surface area contributed by atoms with Crippen molar-refractivity contribution >= 4 is 28.7 Å². The highest BCUT2D eigenvalue weighted by Crippen LogP contribution is 2.20. The molecule has 0 unspecified atom stereocenters. The van der Waals surface area contributed by atoms with E-state index in [9.17, 15) is 9.18 Å². The molecule has 0 radical (unpaired) electrons. The van der Waals surface area contributed by atoms with Gasteiger partial charge in [0.2, 0.25) is 5.91 Å². The molecule has 1 aliphatic rings. The van der Waals surface area contributed by atoms with E-state index in [4.69, 9.17) is 4.98 Å². The summed E-state index contributed by atoms with van der Waals surface area (Å²) in [5.74, 6) is 1.31. The molecule has 0 aliphatic carbocycles. The van der Waals surface area contributed by atoms with Crippen LogP contribution in [0.15, 0.2) is 53.4 Å². The molecule has 0 atom stereocenters. The summed E-state index contributed by atoms with van der Waals surface area (Å²) in [6.45, 7) is 3.93. The van der Waals surface area contributed by atoms with Gasteiger partial charge in [-0.25, -0.2) is 9.37 Å². The van der Waals surface area contributed by atoms with Crippen LogP contribution in [0.1, 0.15) is 5.82 Å². The third-order valence-electron chi connectivity index (χ3n) is 5.15. The summed E-state index contributed by atoms with van der Waals surface area (Å²) in [6, 6.07) is 14.4. The molecule has 2 aromatic carbocycles. The molecule has 0 saturated carbocycles. The molecule has 2 heterocycles. The van der Waals surface area contributed by atoms with Gasteiger partial charge in [0, 0.05) is 38.1 Å². The second-order valence-electron chi connectivity index (χ2n) is 6.98. The van der Waals surface area contributed by atoms with Crippen LogP contribution < -0.4 is 0 Å². The van der Waals surface area contributed by atoms with E-state index in [1.807, 2.05) is 23.1 Å². The highest BCUT2D eigenvalue weighted by atomic mass is 32.2. The Morgan fingerprint density at radius 1 is 1.07 bits per heavy atom. The molecule has 1 saturated heterocycles. The lowest BCUT2D eigenvalue weighted by molar-refractivity contribution is -0.130. The summed E-state index contributed by atoms with van der Waals surface area (Å²) in [7, 11) is 2.05. The molecule has 4 rings (SSSR count). The van der Waals surface area contributed by atoms with Crippen LogP contribution in [0, 0.1) is 5.82 Å². The van der Waals surface area contributed by atoms with E-state index in [1.165, 1.54) is 23.9 Å². The Balaban J connectivity index is 1.28. The van der Waals surface area contributed by atoms with E-state index >= 15 is 0 Å². The van der Waals surface area contributed by atoms with Crippen molar-refractivity contribution in [3.63, 3.8) is 0 Å². The van der Waals surface area contributed by atoms with Crippen molar-refractivity contribution in [1.82, 2.24) is 19.4 Å². The Morgan fingerprint density at radius 3 is 2.50 bits per heavy atom. The minimum absolute atomic E-state index is 0.136. The first-order chi connectivity index (χ1) is 13.6. The summed E-state index contributed by atoms with van der Waals surface area (Å²) in [4.78, 5) is 22.4. The standard InChI is InChI=1S/C21H23FN4OS/c1-24-19-5-3-2-4-18(19)23-20(24)14-25-10-12-26(13-11-25)21(27)15-28-17-8-6-16(22)7-9-17/h2-9H,10-15H2,1H3. The topological polar surface area (TPSA) is 41.4 Å². The van der Waals surface area contributed by atoms with Crippen molar-refractivity contribution < 1.29 is 9.18 Å². The monoisotopic (exact) mass is 398 g/mol. The van der Waals surface area contributed by atoms with Gasteiger partial charge in [0.1, 0.15) is 11.6 Å². The minimum Gasteiger partial charge on any atom is -0.339 e. The third kappa shape index (κ3) is 4.20. The smallest absolute Gasteiger partial charge is 0.233 e. The van der Waals surface area contributed by atoms with Crippen LogP contribution in [0.2, 0.25) is 0 Å². The molecular formula is C21H23FN4OS. The molecule has 1 aromatic heterocycles. The summed E-state index contributed by atoms with van der Waals surface area (Å²) < 4.78 is 15.1. The van der Waals surface area contributed by atoms with Gasteiger partial charge in [-0.2, -0.15) is 0 Å². The van der Waals surface area contributed by atoms with Gasteiger partial charge < -0.3 is 9.47 Å². The van der Waals surface area contributed by atoms with Crippen molar-refractivity contribution in [3.05, 3.63) is 60.2 Å². The van der Waals surface area contributed by atoms with Gasteiger partial charge in [-0.1, -0.05) is 12.1 Å². The van der Waals surface area contributed by atoms with Crippen LogP contribution >= 0.6 is 11.8 Å². The number of aryl methyl sites for hydroxylation is 1. The molecule has 1 amide bonds. The van der Waals surface area contributed by atoms with Gasteiger partial charge in [-0.05, 0) is 36.4 Å². The Morgan fingerprint density at radius 2 is 1.79 bits per heavy atom. The average Bonchev–Trinajstić information content (AvgIpc) is 3.03. The maximum Gasteiger partial charge on any atom is 0.233 e. The molecule has 0 N–H and O–H groups in total. The Kier molecular flexibility index (Phi) is 5.64. The summed E-state index contributed by atoms with van der Waals surface area (Å²) in [6.07, 6.45) is 0. The van der Waals surface area contributed by atoms with Gasteiger partial charge in [0.25, 0.3) is 0 Å². The lowest BCUT2D eigenvalue weighted by atomic mass is 10.3. The fourth-order valence-electron chi connectivity index (χ4n) is 3.46. The fraction of sp³-hybridized carbons (Fsp3) is 0.333. The number of rotatable bonds is 5. The molecule has 5 nitrogen and oxygen atoms in total. The zero-order valence-corrected chi connectivity index (χ0v) is 16.7. The van der Waals surface area contributed by atoms with E-state index in [-0.39, 0.29) is 11.7 Å². The molecule has 1 fully saturated rings. The predicted octanol–water partition coefficient (Wildman–Crippen LogP) is 3.15. The number of para-hydroxylation sites is 2. The second-order valence-corrected chi connectivity index (χ2v) is 8.02. The summed E-state index contributed by atoms with van der Waals surface area (Å²) >= 11 is 1.45. The normalized spacial score (nSPS) is 15.3. The van der Waals surface area contributed by atoms with E-state index in [2.05, 4.69) is 22.6 Å². The number of aromatic nitrogens is 2. The molecule has 0 bridgehead atoms. The van der Waals surface area contributed by atoms with Crippen molar-refractivity contribution in [2.75, 3.05) is 31.9 Å². The lowest BCUT2D eigenvalue weighted by Gasteiger charge is -2.34. The third-order valence-corrected chi connectivity index (χ3v) is 6.14. The largest absolute Gasteiger partial charge is 0.339 e. The van der Waals surface area contributed by atoms with Gasteiger partial charge >= 0.3 is 0 Å². The molecule has 1 aliphatic heterocycles.